The zero-order chi connectivity index (χ0) is 18.6. The third-order valence-electron chi connectivity index (χ3n) is 5.52. The molecule has 27 heavy (non-hydrogen) atoms. The molecule has 1 saturated heterocycles. The van der Waals surface area contributed by atoms with Crippen LogP contribution in [-0.2, 0) is 13.0 Å². The molecule has 3 aromatic rings. The summed E-state index contributed by atoms with van der Waals surface area (Å²) in [6.45, 7) is 8.77. The van der Waals surface area contributed by atoms with E-state index >= 15 is 0 Å². The van der Waals surface area contributed by atoms with E-state index in [1.165, 1.54) is 47.3 Å². The number of fused-ring (bicyclic) bond motifs is 1. The molecule has 4 rings (SSSR count). The molecule has 1 fully saturated rings. The van der Waals surface area contributed by atoms with Gasteiger partial charge in [-0.2, -0.15) is 0 Å². The highest BCUT2D eigenvalue weighted by molar-refractivity contribution is 7.18. The lowest BCUT2D eigenvalue weighted by atomic mass is 9.96. The molecule has 1 aliphatic heterocycles. The summed E-state index contributed by atoms with van der Waals surface area (Å²) < 4.78 is 0. The van der Waals surface area contributed by atoms with Gasteiger partial charge < -0.3 is 5.32 Å². The van der Waals surface area contributed by atoms with Crippen LogP contribution in [0.25, 0.3) is 10.2 Å². The summed E-state index contributed by atoms with van der Waals surface area (Å²) in [7, 11) is 0. The van der Waals surface area contributed by atoms with Crippen LogP contribution in [0.3, 0.4) is 0 Å². The van der Waals surface area contributed by atoms with E-state index in [9.17, 15) is 0 Å². The van der Waals surface area contributed by atoms with E-state index in [1.807, 2.05) is 0 Å². The summed E-state index contributed by atoms with van der Waals surface area (Å²) in [6.07, 6.45) is 5.23. The van der Waals surface area contributed by atoms with Gasteiger partial charge in [-0.3, -0.25) is 4.90 Å². The number of likely N-dealkylation sites (tertiary alicyclic amines) is 1. The number of rotatable bonds is 6. The Labute approximate surface area is 165 Å². The van der Waals surface area contributed by atoms with Crippen molar-refractivity contribution in [1.82, 2.24) is 14.9 Å². The highest BCUT2D eigenvalue weighted by Gasteiger charge is 2.19. The van der Waals surface area contributed by atoms with Gasteiger partial charge in [0.1, 0.15) is 17.0 Å². The topological polar surface area (TPSA) is 41.0 Å². The Morgan fingerprint density at radius 3 is 2.67 bits per heavy atom. The predicted molar refractivity (Wildman–Crippen MR) is 114 cm³/mol. The van der Waals surface area contributed by atoms with E-state index in [0.717, 1.165) is 30.2 Å². The molecular weight excluding hydrogens is 352 g/mol. The number of nitrogens with zero attached hydrogens (tertiary/aromatic N) is 3. The second-order valence-electron chi connectivity index (χ2n) is 7.59. The minimum absolute atomic E-state index is 0.716. The van der Waals surface area contributed by atoms with Gasteiger partial charge in [0.25, 0.3) is 0 Å². The van der Waals surface area contributed by atoms with E-state index in [2.05, 4.69) is 64.4 Å². The van der Waals surface area contributed by atoms with E-state index in [4.69, 9.17) is 0 Å². The zero-order valence-corrected chi connectivity index (χ0v) is 17.1. The first-order valence-electron chi connectivity index (χ1n) is 9.96. The molecule has 1 aliphatic rings. The quantitative estimate of drug-likeness (QED) is 0.661. The molecule has 5 heteroatoms. The smallest absolute Gasteiger partial charge is 0.138 e. The first-order chi connectivity index (χ1) is 13.2. The molecule has 1 N–H and O–H groups in total. The molecule has 142 valence electrons. The van der Waals surface area contributed by atoms with Gasteiger partial charge in [-0.05, 0) is 56.8 Å². The minimum Gasteiger partial charge on any atom is -0.369 e. The summed E-state index contributed by atoms with van der Waals surface area (Å²) in [5.74, 6) is 1.71. The molecule has 1 aromatic carbocycles. The van der Waals surface area contributed by atoms with Gasteiger partial charge in [0.2, 0.25) is 0 Å². The number of piperidine rings is 1. The molecule has 0 unspecified atom stereocenters. The average Bonchev–Trinajstić information content (AvgIpc) is 3.13. The zero-order valence-electron chi connectivity index (χ0n) is 16.2. The van der Waals surface area contributed by atoms with Crippen LogP contribution >= 0.6 is 11.3 Å². The van der Waals surface area contributed by atoms with Gasteiger partial charge in [0, 0.05) is 18.0 Å². The summed E-state index contributed by atoms with van der Waals surface area (Å²) in [5.41, 5.74) is 2.75. The predicted octanol–water partition coefficient (Wildman–Crippen LogP) is 4.89. The number of hydrogen-bond acceptors (Lipinski definition) is 5. The van der Waals surface area contributed by atoms with Crippen LogP contribution in [-0.4, -0.2) is 34.5 Å². The highest BCUT2D eigenvalue weighted by atomic mass is 32.1. The van der Waals surface area contributed by atoms with Crippen LogP contribution in [0.15, 0.2) is 36.7 Å². The van der Waals surface area contributed by atoms with Crippen molar-refractivity contribution in [2.75, 3.05) is 25.0 Å². The largest absolute Gasteiger partial charge is 0.369 e. The molecule has 0 aliphatic carbocycles. The van der Waals surface area contributed by atoms with E-state index in [0.29, 0.717) is 5.92 Å². The standard InChI is InChI=1S/C22H28N4S/c1-3-19-12-20-21(24-15-25-22(20)27-19)23-13-17-8-10-26(11-9-17)14-18-6-4-16(2)5-7-18/h4-7,12,15,17H,3,8-11,13-14H2,1-2H3,(H,23,24,25). The lowest BCUT2D eigenvalue weighted by Gasteiger charge is -2.32. The second-order valence-corrected chi connectivity index (χ2v) is 8.71. The summed E-state index contributed by atoms with van der Waals surface area (Å²) in [6, 6.07) is 11.2. The molecule has 0 bridgehead atoms. The van der Waals surface area contributed by atoms with Crippen LogP contribution in [0.1, 0.15) is 35.8 Å². The van der Waals surface area contributed by atoms with Gasteiger partial charge in [0.15, 0.2) is 0 Å². The SMILES string of the molecule is CCc1cc2c(NCC3CCN(Cc4ccc(C)cc4)CC3)ncnc2s1. The van der Waals surface area contributed by atoms with Gasteiger partial charge >= 0.3 is 0 Å². The van der Waals surface area contributed by atoms with E-state index in [-0.39, 0.29) is 0 Å². The van der Waals surface area contributed by atoms with Crippen molar-refractivity contribution in [3.63, 3.8) is 0 Å². The Morgan fingerprint density at radius 1 is 1.15 bits per heavy atom. The summed E-state index contributed by atoms with van der Waals surface area (Å²) in [5, 5.41) is 4.78. The first-order valence-corrected chi connectivity index (χ1v) is 10.8. The van der Waals surface area contributed by atoms with Crippen LogP contribution in [0.4, 0.5) is 5.82 Å². The fourth-order valence-corrected chi connectivity index (χ4v) is 4.70. The Kier molecular flexibility index (Phi) is 5.69. The van der Waals surface area contributed by atoms with E-state index in [1.54, 1.807) is 17.7 Å². The summed E-state index contributed by atoms with van der Waals surface area (Å²) in [4.78, 5) is 14.0. The van der Waals surface area contributed by atoms with Crippen molar-refractivity contribution in [1.29, 1.82) is 0 Å². The maximum Gasteiger partial charge on any atom is 0.138 e. The number of nitrogens with one attached hydrogen (secondary N) is 1. The van der Waals surface area contributed by atoms with Gasteiger partial charge in [0.05, 0.1) is 5.39 Å². The normalized spacial score (nSPS) is 16.1. The highest BCUT2D eigenvalue weighted by Crippen LogP contribution is 2.29. The Balaban J connectivity index is 1.29. The molecule has 0 spiro atoms. The van der Waals surface area contributed by atoms with E-state index < -0.39 is 0 Å². The van der Waals surface area contributed by atoms with Crippen molar-refractivity contribution < 1.29 is 0 Å². The number of aryl methyl sites for hydroxylation is 2. The van der Waals surface area contributed by atoms with Crippen molar-refractivity contribution in [2.24, 2.45) is 5.92 Å². The number of hydrogen-bond donors (Lipinski definition) is 1. The summed E-state index contributed by atoms with van der Waals surface area (Å²) >= 11 is 1.78. The average molecular weight is 381 g/mol. The number of benzene rings is 1. The molecule has 0 radical (unpaired) electrons. The van der Waals surface area contributed by atoms with Crippen molar-refractivity contribution in [3.05, 3.63) is 52.7 Å². The second kappa shape index (κ2) is 8.36. The van der Waals surface area contributed by atoms with Crippen molar-refractivity contribution >= 4 is 27.4 Å². The lowest BCUT2D eigenvalue weighted by Crippen LogP contribution is -2.35. The van der Waals surface area contributed by atoms with Gasteiger partial charge in [-0.1, -0.05) is 36.8 Å². The van der Waals surface area contributed by atoms with Gasteiger partial charge in [-0.15, -0.1) is 11.3 Å². The molecule has 2 aromatic heterocycles. The van der Waals surface area contributed by atoms with Crippen molar-refractivity contribution in [2.45, 2.75) is 39.7 Å². The molecule has 0 amide bonds. The molecule has 0 saturated carbocycles. The monoisotopic (exact) mass is 380 g/mol. The molecule has 4 nitrogen and oxygen atoms in total. The maximum atomic E-state index is 4.49. The maximum absolute atomic E-state index is 4.49. The fraction of sp³-hybridized carbons (Fsp3) is 0.455. The third-order valence-corrected chi connectivity index (χ3v) is 6.71. The Hall–Kier alpha value is -1.98. The third kappa shape index (κ3) is 4.47. The molecule has 3 heterocycles. The first kappa shape index (κ1) is 18.4. The van der Waals surface area contributed by atoms with Crippen LogP contribution in [0.5, 0.6) is 0 Å². The van der Waals surface area contributed by atoms with Crippen LogP contribution in [0.2, 0.25) is 0 Å². The molecular formula is C22H28N4S. The number of anilines is 1. The fourth-order valence-electron chi connectivity index (χ4n) is 3.76. The van der Waals surface area contributed by atoms with Crippen molar-refractivity contribution in [3.8, 4) is 0 Å². The number of thiophene rings is 1. The Bertz CT molecular complexity index is 879. The molecule has 0 atom stereocenters. The Morgan fingerprint density at radius 2 is 1.93 bits per heavy atom. The van der Waals surface area contributed by atoms with Crippen LogP contribution in [0, 0.1) is 12.8 Å². The van der Waals surface area contributed by atoms with Crippen LogP contribution < -0.4 is 5.32 Å². The minimum atomic E-state index is 0.716. The van der Waals surface area contributed by atoms with Gasteiger partial charge in [-0.25, -0.2) is 9.97 Å². The number of aromatic nitrogens is 2. The lowest BCUT2D eigenvalue weighted by molar-refractivity contribution is 0.182.